The molecule has 3 fully saturated rings. The van der Waals surface area contributed by atoms with E-state index in [0.717, 1.165) is 45.3 Å². The van der Waals surface area contributed by atoms with Crippen molar-refractivity contribution < 1.29 is 19.4 Å². The van der Waals surface area contributed by atoms with E-state index in [0.29, 0.717) is 13.0 Å². The molecule has 0 aromatic heterocycles. The highest BCUT2D eigenvalue weighted by Gasteiger charge is 2.59. The Labute approximate surface area is 112 Å². The minimum atomic E-state index is -0.852. The van der Waals surface area contributed by atoms with Crippen molar-refractivity contribution in [1.29, 1.82) is 0 Å². The minimum absolute atomic E-state index is 0.0522. The van der Waals surface area contributed by atoms with Crippen LogP contribution in [0.3, 0.4) is 0 Å². The van der Waals surface area contributed by atoms with E-state index in [1.807, 2.05) is 0 Å². The number of piperidine rings is 1. The summed E-state index contributed by atoms with van der Waals surface area (Å²) in [6, 6.07) is -0.598. The number of carbonyl (C=O) groups excluding carboxylic acids is 1. The fourth-order valence-corrected chi connectivity index (χ4v) is 3.68. The molecule has 106 valence electrons. The average molecular weight is 267 g/mol. The normalized spacial score (nSPS) is 33.2. The highest BCUT2D eigenvalue weighted by atomic mass is 16.5. The SMILES string of the molecule is O=C(O)[C@@H]1CCCCN1C(=O)[C@H]1CC12CCOCC2. The van der Waals surface area contributed by atoms with E-state index in [1.165, 1.54) is 0 Å². The lowest BCUT2D eigenvalue weighted by Gasteiger charge is -2.34. The number of hydrogen-bond donors (Lipinski definition) is 1. The van der Waals surface area contributed by atoms with E-state index < -0.39 is 12.0 Å². The number of ether oxygens (including phenoxy) is 1. The van der Waals surface area contributed by atoms with Crippen LogP contribution in [0.4, 0.5) is 0 Å². The van der Waals surface area contributed by atoms with Gasteiger partial charge in [0, 0.05) is 25.7 Å². The maximum atomic E-state index is 12.6. The van der Waals surface area contributed by atoms with Gasteiger partial charge in [-0.3, -0.25) is 4.79 Å². The number of carboxylic acid groups (broad SMARTS) is 1. The molecule has 0 aromatic carbocycles. The summed E-state index contributed by atoms with van der Waals surface area (Å²) in [7, 11) is 0. The van der Waals surface area contributed by atoms with Gasteiger partial charge in [0.05, 0.1) is 0 Å². The monoisotopic (exact) mass is 267 g/mol. The predicted octanol–water partition coefficient (Wildman–Crippen LogP) is 1.27. The zero-order valence-corrected chi connectivity index (χ0v) is 11.1. The summed E-state index contributed by atoms with van der Waals surface area (Å²) in [5.41, 5.74) is 0.135. The van der Waals surface area contributed by atoms with Crippen LogP contribution in [0.25, 0.3) is 0 Å². The van der Waals surface area contributed by atoms with Gasteiger partial charge in [0.25, 0.3) is 0 Å². The molecule has 2 heterocycles. The van der Waals surface area contributed by atoms with Crippen molar-refractivity contribution in [3.63, 3.8) is 0 Å². The third-order valence-corrected chi connectivity index (χ3v) is 5.05. The molecule has 1 N–H and O–H groups in total. The van der Waals surface area contributed by atoms with E-state index in [9.17, 15) is 14.7 Å². The van der Waals surface area contributed by atoms with Crippen molar-refractivity contribution >= 4 is 11.9 Å². The fraction of sp³-hybridized carbons (Fsp3) is 0.857. The highest BCUT2D eigenvalue weighted by molar-refractivity contribution is 5.87. The van der Waals surface area contributed by atoms with Crippen LogP contribution in [0.15, 0.2) is 0 Å². The first-order valence-corrected chi connectivity index (χ1v) is 7.25. The van der Waals surface area contributed by atoms with Crippen molar-refractivity contribution in [3.8, 4) is 0 Å². The molecule has 0 unspecified atom stereocenters. The van der Waals surface area contributed by atoms with Gasteiger partial charge >= 0.3 is 5.97 Å². The number of carboxylic acids is 1. The minimum Gasteiger partial charge on any atom is -0.480 e. The molecule has 2 atom stereocenters. The van der Waals surface area contributed by atoms with Gasteiger partial charge in [-0.1, -0.05) is 0 Å². The van der Waals surface area contributed by atoms with Gasteiger partial charge in [0.2, 0.25) is 5.91 Å². The number of nitrogens with zero attached hydrogens (tertiary/aromatic N) is 1. The molecule has 5 heteroatoms. The molecule has 5 nitrogen and oxygen atoms in total. The molecule has 1 amide bonds. The Morgan fingerprint density at radius 3 is 2.63 bits per heavy atom. The smallest absolute Gasteiger partial charge is 0.326 e. The predicted molar refractivity (Wildman–Crippen MR) is 67.6 cm³/mol. The van der Waals surface area contributed by atoms with Crippen molar-refractivity contribution in [2.75, 3.05) is 19.8 Å². The van der Waals surface area contributed by atoms with Crippen molar-refractivity contribution in [2.24, 2.45) is 11.3 Å². The molecule has 1 spiro atoms. The number of hydrogen-bond acceptors (Lipinski definition) is 3. The van der Waals surface area contributed by atoms with Crippen molar-refractivity contribution in [1.82, 2.24) is 4.90 Å². The summed E-state index contributed by atoms with van der Waals surface area (Å²) in [5.74, 6) is -0.722. The van der Waals surface area contributed by atoms with E-state index >= 15 is 0 Å². The lowest BCUT2D eigenvalue weighted by molar-refractivity contribution is -0.153. The summed E-state index contributed by atoms with van der Waals surface area (Å²) in [4.78, 5) is 25.5. The summed E-state index contributed by atoms with van der Waals surface area (Å²) in [5, 5.41) is 9.25. The molecule has 3 aliphatic rings. The largest absolute Gasteiger partial charge is 0.480 e. The second-order valence-corrected chi connectivity index (χ2v) is 6.11. The maximum Gasteiger partial charge on any atom is 0.326 e. The van der Waals surface area contributed by atoms with Crippen LogP contribution in [0, 0.1) is 11.3 Å². The maximum absolute atomic E-state index is 12.6. The van der Waals surface area contributed by atoms with Crippen LogP contribution in [0.5, 0.6) is 0 Å². The molecule has 2 aliphatic heterocycles. The van der Waals surface area contributed by atoms with Gasteiger partial charge in [0.1, 0.15) is 6.04 Å². The van der Waals surface area contributed by atoms with Crippen molar-refractivity contribution in [2.45, 2.75) is 44.6 Å². The Balaban J connectivity index is 1.68. The van der Waals surface area contributed by atoms with Crippen LogP contribution in [0.1, 0.15) is 38.5 Å². The van der Waals surface area contributed by atoms with Gasteiger partial charge < -0.3 is 14.7 Å². The topological polar surface area (TPSA) is 66.8 Å². The van der Waals surface area contributed by atoms with E-state index in [-0.39, 0.29) is 17.2 Å². The molecular weight excluding hydrogens is 246 g/mol. The molecule has 1 aliphatic carbocycles. The quantitative estimate of drug-likeness (QED) is 0.818. The second-order valence-electron chi connectivity index (χ2n) is 6.11. The number of rotatable bonds is 2. The Morgan fingerprint density at radius 1 is 1.21 bits per heavy atom. The number of amides is 1. The van der Waals surface area contributed by atoms with Crippen LogP contribution >= 0.6 is 0 Å². The Hall–Kier alpha value is -1.10. The molecule has 0 radical (unpaired) electrons. The van der Waals surface area contributed by atoms with Gasteiger partial charge in [-0.25, -0.2) is 4.79 Å². The number of likely N-dealkylation sites (tertiary alicyclic amines) is 1. The Bertz CT molecular complexity index is 389. The zero-order chi connectivity index (χ0) is 13.5. The Morgan fingerprint density at radius 2 is 1.95 bits per heavy atom. The first-order valence-electron chi connectivity index (χ1n) is 7.25. The molecule has 19 heavy (non-hydrogen) atoms. The van der Waals surface area contributed by atoms with E-state index in [1.54, 1.807) is 4.90 Å². The lowest BCUT2D eigenvalue weighted by atomic mass is 9.92. The van der Waals surface area contributed by atoms with Crippen LogP contribution < -0.4 is 0 Å². The molecule has 3 rings (SSSR count). The molecular formula is C14H21NO4. The van der Waals surface area contributed by atoms with Crippen LogP contribution in [-0.2, 0) is 14.3 Å². The average Bonchev–Trinajstić information content (AvgIpc) is 3.12. The summed E-state index contributed by atoms with van der Waals surface area (Å²) in [6.07, 6.45) is 5.27. The van der Waals surface area contributed by atoms with Crippen LogP contribution in [0.2, 0.25) is 0 Å². The van der Waals surface area contributed by atoms with E-state index in [4.69, 9.17) is 4.74 Å². The van der Waals surface area contributed by atoms with Crippen LogP contribution in [-0.4, -0.2) is 47.7 Å². The third-order valence-electron chi connectivity index (χ3n) is 5.05. The molecule has 1 saturated carbocycles. The van der Waals surface area contributed by atoms with Gasteiger partial charge in [-0.05, 0) is 43.9 Å². The van der Waals surface area contributed by atoms with Gasteiger partial charge in [-0.2, -0.15) is 0 Å². The first-order chi connectivity index (χ1) is 9.14. The van der Waals surface area contributed by atoms with Crippen molar-refractivity contribution in [3.05, 3.63) is 0 Å². The standard InChI is InChI=1S/C14H21NO4/c16-12(10-9-14(10)4-7-19-8-5-14)15-6-2-1-3-11(15)13(17)18/h10-11H,1-9H2,(H,17,18)/t10-,11+/m1/s1. The third kappa shape index (κ3) is 2.24. The number of carbonyl (C=O) groups is 2. The van der Waals surface area contributed by atoms with Gasteiger partial charge in [-0.15, -0.1) is 0 Å². The Kier molecular flexibility index (Phi) is 3.25. The molecule has 0 aromatic rings. The molecule has 2 saturated heterocycles. The summed E-state index contributed by atoms with van der Waals surface area (Å²) in [6.45, 7) is 2.09. The van der Waals surface area contributed by atoms with E-state index in [2.05, 4.69) is 0 Å². The second kappa shape index (κ2) is 4.78. The highest BCUT2D eigenvalue weighted by Crippen LogP contribution is 2.60. The number of aliphatic carboxylic acids is 1. The molecule has 0 bridgehead atoms. The summed E-state index contributed by atoms with van der Waals surface area (Å²) >= 11 is 0. The zero-order valence-electron chi connectivity index (χ0n) is 11.1. The first kappa shape index (κ1) is 12.9. The lowest BCUT2D eigenvalue weighted by Crippen LogP contribution is -2.49. The summed E-state index contributed by atoms with van der Waals surface area (Å²) < 4.78 is 5.36. The fourth-order valence-electron chi connectivity index (χ4n) is 3.68. The van der Waals surface area contributed by atoms with Gasteiger partial charge in [0.15, 0.2) is 0 Å².